The molecule has 9 nitrogen and oxygen atoms in total. The van der Waals surface area contributed by atoms with Gasteiger partial charge in [0, 0.05) is 37.2 Å². The Kier molecular flexibility index (Phi) is 6.11. The van der Waals surface area contributed by atoms with Gasteiger partial charge >= 0.3 is 5.97 Å². The molecule has 0 aromatic heterocycles. The van der Waals surface area contributed by atoms with Crippen molar-refractivity contribution in [2.75, 3.05) is 20.5 Å². The third-order valence-electron chi connectivity index (χ3n) is 10.1. The highest BCUT2D eigenvalue weighted by molar-refractivity contribution is 5.66. The summed E-state index contributed by atoms with van der Waals surface area (Å²) in [4.78, 5) is 12.2. The van der Waals surface area contributed by atoms with Crippen LogP contribution < -0.4 is 0 Å². The van der Waals surface area contributed by atoms with Crippen LogP contribution in [0.5, 0.6) is 0 Å². The minimum Gasteiger partial charge on any atom is -0.459 e. The van der Waals surface area contributed by atoms with Crippen molar-refractivity contribution in [2.24, 2.45) is 16.7 Å². The normalized spacial score (nSPS) is 49.8. The second-order valence-electron chi connectivity index (χ2n) is 13.6. The van der Waals surface area contributed by atoms with E-state index < -0.39 is 57.7 Å². The maximum absolute atomic E-state index is 12.6. The molecule has 0 radical (unpaired) electrons. The first kappa shape index (κ1) is 27.5. The van der Waals surface area contributed by atoms with Crippen molar-refractivity contribution < 1.29 is 43.4 Å². The largest absolute Gasteiger partial charge is 0.459 e. The summed E-state index contributed by atoms with van der Waals surface area (Å²) in [5.41, 5.74) is -4.66. The van der Waals surface area contributed by atoms with Gasteiger partial charge in [-0.2, -0.15) is 0 Å². The lowest BCUT2D eigenvalue weighted by Gasteiger charge is -2.61. The average molecular weight is 525 g/mol. The fraction of sp³-hybridized carbons (Fsp3) is 0.893. The SMILES string of the molecule is COCO[C@@H]1C[C@]2(C)[C@@H](OC(C)(C)C)C[C@H](OC(C)=O)[C@]3(CO3)[C@@H]2[C@H]2O[C@]23[C@@H](O)C=C(C)[C@@]1(O)C3(C)C. The summed E-state index contributed by atoms with van der Waals surface area (Å²) in [6, 6.07) is 0. The molecule has 37 heavy (non-hydrogen) atoms. The van der Waals surface area contributed by atoms with Crippen LogP contribution in [-0.2, 0) is 33.2 Å². The summed E-state index contributed by atoms with van der Waals surface area (Å²) >= 11 is 0. The minimum absolute atomic E-state index is 0.000563. The standard InChI is InChI=1S/C28H44O9/c1-15-10-17(30)28-22(37-28)21-25(8,12-20(33-14-32-9)27(15,31)24(28,6)7)18(36-23(3,4)5)11-19(35-16(2)29)26(21)13-34-26/h10,17-22,30-31H,11-14H2,1-9H3/t17-,18-,19-,20+,21+,22+,25+,26+,27-,28+/m0/s1. The van der Waals surface area contributed by atoms with E-state index in [1.807, 2.05) is 41.5 Å². The van der Waals surface area contributed by atoms with Crippen molar-refractivity contribution in [1.29, 1.82) is 0 Å². The molecule has 2 saturated heterocycles. The van der Waals surface area contributed by atoms with E-state index in [-0.39, 0.29) is 24.8 Å². The second-order valence-corrected chi connectivity index (χ2v) is 13.6. The van der Waals surface area contributed by atoms with Gasteiger partial charge in [-0.25, -0.2) is 0 Å². The number of hydrogen-bond acceptors (Lipinski definition) is 9. The number of ether oxygens (including phenoxy) is 6. The third kappa shape index (κ3) is 3.58. The molecule has 210 valence electrons. The molecule has 2 N–H and O–H groups in total. The first-order valence-corrected chi connectivity index (χ1v) is 13.4. The molecule has 5 rings (SSSR count). The summed E-state index contributed by atoms with van der Waals surface area (Å²) in [7, 11) is 1.56. The van der Waals surface area contributed by atoms with Gasteiger partial charge in [0.25, 0.3) is 0 Å². The average Bonchev–Trinajstić information content (AvgIpc) is 3.68. The minimum atomic E-state index is -1.44. The number of carbonyl (C=O) groups excluding carboxylic acids is 1. The number of epoxide rings is 2. The van der Waals surface area contributed by atoms with Gasteiger partial charge in [-0.3, -0.25) is 4.79 Å². The summed E-state index contributed by atoms with van der Waals surface area (Å²) in [5.74, 6) is -0.660. The van der Waals surface area contributed by atoms with Gasteiger partial charge in [0.15, 0.2) is 0 Å². The van der Waals surface area contributed by atoms with Crippen molar-refractivity contribution >= 4 is 5.97 Å². The quantitative estimate of drug-likeness (QED) is 0.242. The van der Waals surface area contributed by atoms with E-state index in [0.717, 1.165) is 0 Å². The van der Waals surface area contributed by atoms with Gasteiger partial charge in [0.1, 0.15) is 35.8 Å². The molecular weight excluding hydrogens is 480 g/mol. The van der Waals surface area contributed by atoms with E-state index in [4.69, 9.17) is 28.4 Å². The van der Waals surface area contributed by atoms with Gasteiger partial charge in [-0.05, 0) is 39.7 Å². The van der Waals surface area contributed by atoms with E-state index in [0.29, 0.717) is 25.0 Å². The third-order valence-corrected chi connectivity index (χ3v) is 10.1. The van der Waals surface area contributed by atoms with E-state index in [9.17, 15) is 15.0 Å². The number of hydrogen-bond donors (Lipinski definition) is 2. The Labute approximate surface area is 219 Å². The molecule has 2 saturated carbocycles. The Morgan fingerprint density at radius 2 is 1.84 bits per heavy atom. The fourth-order valence-corrected chi connectivity index (χ4v) is 8.30. The lowest BCUT2D eigenvalue weighted by molar-refractivity contribution is -0.252. The highest BCUT2D eigenvalue weighted by Gasteiger charge is 2.86. The number of aliphatic hydroxyl groups is 2. The number of carbonyl (C=O) groups is 1. The smallest absolute Gasteiger partial charge is 0.303 e. The topological polar surface area (TPSA) is 120 Å². The van der Waals surface area contributed by atoms with Gasteiger partial charge < -0.3 is 38.6 Å². The molecule has 2 heterocycles. The Morgan fingerprint density at radius 1 is 1.19 bits per heavy atom. The zero-order valence-corrected chi connectivity index (χ0v) is 23.6. The van der Waals surface area contributed by atoms with Crippen molar-refractivity contribution in [3.63, 3.8) is 0 Å². The molecule has 9 heteroatoms. The molecule has 4 fully saturated rings. The summed E-state index contributed by atoms with van der Waals surface area (Å²) < 4.78 is 37.0. The number of methoxy groups -OCH3 is 1. The molecule has 0 aromatic carbocycles. The van der Waals surface area contributed by atoms with Gasteiger partial charge in [-0.15, -0.1) is 0 Å². The fourth-order valence-electron chi connectivity index (χ4n) is 8.30. The molecule has 0 amide bonds. The molecule has 0 unspecified atom stereocenters. The van der Waals surface area contributed by atoms with Crippen molar-refractivity contribution in [2.45, 2.75) is 121 Å². The van der Waals surface area contributed by atoms with Crippen LogP contribution in [-0.4, -0.2) is 89.6 Å². The zero-order valence-electron chi connectivity index (χ0n) is 23.6. The maximum Gasteiger partial charge on any atom is 0.303 e. The van der Waals surface area contributed by atoms with Crippen LogP contribution in [0, 0.1) is 16.7 Å². The highest BCUT2D eigenvalue weighted by atomic mass is 16.7. The molecule has 0 aromatic rings. The summed E-state index contributed by atoms with van der Waals surface area (Å²) in [5, 5.41) is 24.1. The molecule has 10 atom stereocenters. The Morgan fingerprint density at radius 3 is 2.38 bits per heavy atom. The predicted octanol–water partition coefficient (Wildman–Crippen LogP) is 2.51. The van der Waals surface area contributed by atoms with Crippen LogP contribution in [0.2, 0.25) is 0 Å². The van der Waals surface area contributed by atoms with Crippen molar-refractivity contribution in [1.82, 2.24) is 0 Å². The Hall–Kier alpha value is -1.07. The highest BCUT2D eigenvalue weighted by Crippen LogP contribution is 2.73. The number of esters is 1. The van der Waals surface area contributed by atoms with Crippen LogP contribution in [0.15, 0.2) is 11.6 Å². The van der Waals surface area contributed by atoms with Crippen molar-refractivity contribution in [3.05, 3.63) is 11.6 Å². The molecule has 3 aliphatic carbocycles. The van der Waals surface area contributed by atoms with Crippen molar-refractivity contribution in [3.8, 4) is 0 Å². The van der Waals surface area contributed by atoms with Crippen LogP contribution in [0.1, 0.15) is 68.2 Å². The van der Waals surface area contributed by atoms with E-state index in [1.54, 1.807) is 13.2 Å². The Balaban J connectivity index is 1.72. The van der Waals surface area contributed by atoms with Crippen LogP contribution in [0.4, 0.5) is 0 Å². The molecule has 2 spiro atoms. The monoisotopic (exact) mass is 524 g/mol. The molecule has 2 bridgehead atoms. The first-order valence-electron chi connectivity index (χ1n) is 13.4. The molecule has 5 aliphatic rings. The second kappa shape index (κ2) is 8.22. The summed E-state index contributed by atoms with van der Waals surface area (Å²) in [6.45, 7) is 15.7. The van der Waals surface area contributed by atoms with Gasteiger partial charge in [0.2, 0.25) is 0 Å². The van der Waals surface area contributed by atoms with Gasteiger partial charge in [0.05, 0.1) is 30.5 Å². The van der Waals surface area contributed by atoms with Crippen LogP contribution in [0.3, 0.4) is 0 Å². The Bertz CT molecular complexity index is 981. The van der Waals surface area contributed by atoms with E-state index in [1.165, 1.54) is 6.92 Å². The first-order chi connectivity index (χ1) is 17.0. The van der Waals surface area contributed by atoms with E-state index in [2.05, 4.69) is 6.92 Å². The number of fused-ring (bicyclic) bond motifs is 4. The number of aliphatic hydroxyl groups excluding tert-OH is 1. The summed E-state index contributed by atoms with van der Waals surface area (Å²) in [6.07, 6.45) is -0.386. The molecule has 2 aliphatic heterocycles. The van der Waals surface area contributed by atoms with Crippen LogP contribution in [0.25, 0.3) is 0 Å². The predicted molar refractivity (Wildman–Crippen MR) is 133 cm³/mol. The zero-order chi connectivity index (χ0) is 27.4. The molecular formula is C28H44O9. The lowest BCUT2D eigenvalue weighted by Crippen LogP contribution is -2.72. The lowest BCUT2D eigenvalue weighted by atomic mass is 9.46. The van der Waals surface area contributed by atoms with Gasteiger partial charge in [-0.1, -0.05) is 26.8 Å². The van der Waals surface area contributed by atoms with Crippen LogP contribution >= 0.6 is 0 Å². The maximum atomic E-state index is 12.6. The number of rotatable bonds is 5. The van der Waals surface area contributed by atoms with E-state index >= 15 is 0 Å².